The van der Waals surface area contributed by atoms with Crippen molar-refractivity contribution in [2.24, 2.45) is 11.8 Å². The lowest BCUT2D eigenvalue weighted by atomic mass is 9.97. The first-order valence-electron chi connectivity index (χ1n) is 7.13. The van der Waals surface area contributed by atoms with Crippen LogP contribution in [0, 0.1) is 11.8 Å². The normalized spacial score (nSPS) is 26.6. The Labute approximate surface area is 121 Å². The molecule has 1 aliphatic carbocycles. The number of benzene rings is 1. The summed E-state index contributed by atoms with van der Waals surface area (Å²) in [5, 5.41) is 0. The summed E-state index contributed by atoms with van der Waals surface area (Å²) in [4.78, 5) is 4.13. The van der Waals surface area contributed by atoms with Gasteiger partial charge in [0.15, 0.2) is 0 Å². The van der Waals surface area contributed by atoms with Crippen molar-refractivity contribution in [1.29, 1.82) is 0 Å². The second kappa shape index (κ2) is 4.64. The van der Waals surface area contributed by atoms with Gasteiger partial charge in [-0.1, -0.05) is 13.8 Å². The smallest absolute Gasteiger partial charge is 0.369 e. The molecule has 114 valence electrons. The summed E-state index contributed by atoms with van der Waals surface area (Å²) < 4.78 is 40.2. The van der Waals surface area contributed by atoms with Crippen molar-refractivity contribution >= 4 is 17.0 Å². The van der Waals surface area contributed by atoms with Gasteiger partial charge in [-0.2, -0.15) is 13.2 Å². The summed E-state index contributed by atoms with van der Waals surface area (Å²) in [5.74, 6) is 1.32. The molecule has 0 aliphatic heterocycles. The van der Waals surface area contributed by atoms with Crippen LogP contribution in [0.25, 0.3) is 11.0 Å². The summed E-state index contributed by atoms with van der Waals surface area (Å²) >= 11 is 0. The van der Waals surface area contributed by atoms with Gasteiger partial charge in [0, 0.05) is 6.04 Å². The van der Waals surface area contributed by atoms with E-state index in [-0.39, 0.29) is 6.04 Å². The van der Waals surface area contributed by atoms with E-state index in [1.54, 1.807) is 0 Å². The van der Waals surface area contributed by atoms with Crippen LogP contribution in [0.4, 0.5) is 19.1 Å². The van der Waals surface area contributed by atoms with E-state index in [2.05, 4.69) is 18.8 Å². The number of nitrogens with zero attached hydrogens (tertiary/aromatic N) is 2. The minimum atomic E-state index is -4.36. The van der Waals surface area contributed by atoms with E-state index in [1.165, 1.54) is 6.07 Å². The van der Waals surface area contributed by atoms with Crippen LogP contribution in [-0.2, 0) is 6.18 Å². The molecule has 1 fully saturated rings. The van der Waals surface area contributed by atoms with Crippen LogP contribution in [0.15, 0.2) is 18.2 Å². The van der Waals surface area contributed by atoms with E-state index in [9.17, 15) is 13.2 Å². The topological polar surface area (TPSA) is 43.8 Å². The highest BCUT2D eigenvalue weighted by Gasteiger charge is 2.34. The first kappa shape index (κ1) is 14.2. The zero-order chi connectivity index (χ0) is 15.4. The molecular weight excluding hydrogens is 279 g/mol. The lowest BCUT2D eigenvalue weighted by molar-refractivity contribution is -0.137. The van der Waals surface area contributed by atoms with Crippen molar-refractivity contribution in [3.05, 3.63) is 23.8 Å². The van der Waals surface area contributed by atoms with E-state index in [1.807, 2.05) is 4.57 Å². The molecule has 1 aliphatic rings. The molecule has 2 N–H and O–H groups in total. The van der Waals surface area contributed by atoms with E-state index >= 15 is 0 Å². The largest absolute Gasteiger partial charge is 0.416 e. The van der Waals surface area contributed by atoms with Gasteiger partial charge in [-0.25, -0.2) is 4.98 Å². The number of hydrogen-bond donors (Lipinski definition) is 1. The molecule has 1 saturated carbocycles. The molecule has 0 amide bonds. The average molecular weight is 297 g/mol. The molecule has 0 radical (unpaired) electrons. The Morgan fingerprint density at radius 2 is 1.95 bits per heavy atom. The number of aromatic nitrogens is 2. The number of hydrogen-bond acceptors (Lipinski definition) is 2. The van der Waals surface area contributed by atoms with Crippen LogP contribution in [0.1, 0.15) is 38.3 Å². The lowest BCUT2D eigenvalue weighted by Gasteiger charge is -2.21. The molecule has 3 atom stereocenters. The summed E-state index contributed by atoms with van der Waals surface area (Å²) in [5.41, 5.74) is 6.28. The van der Waals surface area contributed by atoms with Crippen molar-refractivity contribution in [3.8, 4) is 0 Å². The first-order valence-corrected chi connectivity index (χ1v) is 7.13. The van der Waals surface area contributed by atoms with E-state index in [0.29, 0.717) is 28.8 Å². The molecule has 3 rings (SSSR count). The number of nitrogen functional groups attached to an aromatic ring is 1. The van der Waals surface area contributed by atoms with Gasteiger partial charge in [0.25, 0.3) is 0 Å². The van der Waals surface area contributed by atoms with Crippen molar-refractivity contribution in [2.45, 2.75) is 38.9 Å². The summed E-state index contributed by atoms with van der Waals surface area (Å²) in [6.45, 7) is 4.36. The predicted molar refractivity (Wildman–Crippen MR) is 75.7 cm³/mol. The highest BCUT2D eigenvalue weighted by molar-refractivity contribution is 5.79. The maximum absolute atomic E-state index is 12.8. The van der Waals surface area contributed by atoms with Crippen LogP contribution in [0.2, 0.25) is 0 Å². The molecule has 0 bridgehead atoms. The van der Waals surface area contributed by atoms with Crippen LogP contribution in [0.3, 0.4) is 0 Å². The molecular formula is C15H18F3N3. The fourth-order valence-corrected chi connectivity index (χ4v) is 3.35. The van der Waals surface area contributed by atoms with Gasteiger partial charge in [-0.15, -0.1) is 0 Å². The Morgan fingerprint density at radius 1 is 1.24 bits per heavy atom. The third-order valence-electron chi connectivity index (χ3n) is 4.80. The van der Waals surface area contributed by atoms with Gasteiger partial charge in [0.05, 0.1) is 16.6 Å². The number of halogens is 3. The third-order valence-corrected chi connectivity index (χ3v) is 4.80. The molecule has 3 unspecified atom stereocenters. The number of anilines is 1. The molecule has 3 nitrogen and oxygen atoms in total. The van der Waals surface area contributed by atoms with Crippen LogP contribution < -0.4 is 5.73 Å². The monoisotopic (exact) mass is 297 g/mol. The molecule has 0 saturated heterocycles. The van der Waals surface area contributed by atoms with Crippen LogP contribution in [0.5, 0.6) is 0 Å². The highest BCUT2D eigenvalue weighted by Crippen LogP contribution is 2.43. The van der Waals surface area contributed by atoms with Crippen molar-refractivity contribution in [3.63, 3.8) is 0 Å². The zero-order valence-corrected chi connectivity index (χ0v) is 12.0. The van der Waals surface area contributed by atoms with Crippen LogP contribution in [-0.4, -0.2) is 9.55 Å². The number of alkyl halides is 3. The Bertz CT molecular complexity index is 675. The molecule has 1 aromatic heterocycles. The van der Waals surface area contributed by atoms with E-state index in [4.69, 9.17) is 5.73 Å². The molecule has 21 heavy (non-hydrogen) atoms. The molecule has 1 heterocycles. The number of imidazole rings is 1. The Kier molecular flexibility index (Phi) is 3.15. The number of fused-ring (bicyclic) bond motifs is 1. The van der Waals surface area contributed by atoms with Crippen LogP contribution >= 0.6 is 0 Å². The Morgan fingerprint density at radius 3 is 2.52 bits per heavy atom. The van der Waals surface area contributed by atoms with Gasteiger partial charge in [0.1, 0.15) is 0 Å². The van der Waals surface area contributed by atoms with Crippen molar-refractivity contribution in [2.75, 3.05) is 5.73 Å². The summed E-state index contributed by atoms with van der Waals surface area (Å²) in [6, 6.07) is 3.87. The predicted octanol–water partition coefficient (Wildman–Crippen LogP) is 4.24. The molecule has 0 spiro atoms. The molecule has 6 heteroatoms. The van der Waals surface area contributed by atoms with E-state index < -0.39 is 11.7 Å². The fourth-order valence-electron chi connectivity index (χ4n) is 3.35. The zero-order valence-electron chi connectivity index (χ0n) is 12.0. The highest BCUT2D eigenvalue weighted by atomic mass is 19.4. The fraction of sp³-hybridized carbons (Fsp3) is 0.533. The average Bonchev–Trinajstić information content (AvgIpc) is 2.88. The van der Waals surface area contributed by atoms with Crippen molar-refractivity contribution in [1.82, 2.24) is 9.55 Å². The summed E-state index contributed by atoms with van der Waals surface area (Å²) in [7, 11) is 0. The molecule has 1 aromatic carbocycles. The first-order chi connectivity index (χ1) is 9.79. The quantitative estimate of drug-likeness (QED) is 0.855. The second-order valence-electron chi connectivity index (χ2n) is 6.02. The standard InChI is InChI=1S/C15H18F3N3/c1-8-3-5-12(9(8)2)21-13-6-4-10(15(16,17)18)7-11(13)20-14(21)19/h4,6-9,12H,3,5H2,1-2H3,(H2,19,20). The minimum Gasteiger partial charge on any atom is -0.369 e. The number of rotatable bonds is 1. The lowest BCUT2D eigenvalue weighted by Crippen LogP contribution is -2.16. The minimum absolute atomic E-state index is 0.210. The molecule has 2 aromatic rings. The maximum Gasteiger partial charge on any atom is 0.416 e. The SMILES string of the molecule is CC1CCC(n2c(N)nc3cc(C(F)(F)F)ccc32)C1C. The Hall–Kier alpha value is -1.72. The van der Waals surface area contributed by atoms with Gasteiger partial charge < -0.3 is 10.3 Å². The van der Waals surface area contributed by atoms with Gasteiger partial charge in [0.2, 0.25) is 5.95 Å². The third kappa shape index (κ3) is 2.26. The Balaban J connectivity index is 2.10. The summed E-state index contributed by atoms with van der Waals surface area (Å²) in [6.07, 6.45) is -2.27. The second-order valence-corrected chi connectivity index (χ2v) is 6.02. The van der Waals surface area contributed by atoms with Gasteiger partial charge >= 0.3 is 6.18 Å². The van der Waals surface area contributed by atoms with Crippen molar-refractivity contribution < 1.29 is 13.2 Å². The van der Waals surface area contributed by atoms with E-state index in [0.717, 1.165) is 25.0 Å². The van der Waals surface area contributed by atoms with Gasteiger partial charge in [-0.05, 0) is 42.9 Å². The van der Waals surface area contributed by atoms with Gasteiger partial charge in [-0.3, -0.25) is 0 Å². The maximum atomic E-state index is 12.8. The number of nitrogens with two attached hydrogens (primary N) is 1.